The minimum absolute atomic E-state index is 0.133. The van der Waals surface area contributed by atoms with Crippen molar-refractivity contribution >= 4 is 0 Å². The van der Waals surface area contributed by atoms with Crippen LogP contribution in [0.5, 0.6) is 0 Å². The second-order valence-corrected chi connectivity index (χ2v) is 6.51. The Labute approximate surface area is 162 Å². The first-order chi connectivity index (χ1) is 13.5. The van der Waals surface area contributed by atoms with Crippen molar-refractivity contribution in [3.8, 4) is 0 Å². The Morgan fingerprint density at radius 3 is 1.93 bits per heavy atom. The molecule has 5 atom stereocenters. The molecule has 2 aromatic carbocycles. The zero-order valence-corrected chi connectivity index (χ0v) is 15.3. The summed E-state index contributed by atoms with van der Waals surface area (Å²) in [4.78, 5) is 15.4. The first-order valence-corrected chi connectivity index (χ1v) is 8.96. The van der Waals surface area contributed by atoms with E-state index in [1.165, 1.54) is 0 Å². The van der Waals surface area contributed by atoms with Crippen molar-refractivity contribution in [1.82, 2.24) is 0 Å². The van der Waals surface area contributed by atoms with E-state index in [0.29, 0.717) is 0 Å². The van der Waals surface area contributed by atoms with Crippen LogP contribution in [0.15, 0.2) is 60.7 Å². The van der Waals surface area contributed by atoms with Gasteiger partial charge in [0.15, 0.2) is 6.10 Å². The molecule has 0 amide bonds. The molecule has 0 aliphatic carbocycles. The Kier molecular flexibility index (Phi) is 6.91. The maximum atomic E-state index is 14.4. The molecule has 150 valence electrons. The van der Waals surface area contributed by atoms with Gasteiger partial charge in [0.25, 0.3) is 5.09 Å². The van der Waals surface area contributed by atoms with E-state index in [2.05, 4.69) is 4.84 Å². The molecule has 8 heteroatoms. The van der Waals surface area contributed by atoms with E-state index in [1.54, 1.807) is 6.92 Å². The Hall–Kier alpha value is -2.55. The van der Waals surface area contributed by atoms with E-state index >= 15 is 0 Å². The van der Waals surface area contributed by atoms with Crippen LogP contribution in [-0.2, 0) is 32.3 Å². The molecule has 0 bridgehead atoms. The molecule has 3 rings (SSSR count). The van der Waals surface area contributed by atoms with Gasteiger partial charge >= 0.3 is 0 Å². The summed E-state index contributed by atoms with van der Waals surface area (Å²) in [6.07, 6.45) is -5.99. The van der Waals surface area contributed by atoms with Gasteiger partial charge in [0.1, 0.15) is 12.2 Å². The molecule has 1 aliphatic rings. The fourth-order valence-corrected chi connectivity index (χ4v) is 3.12. The zero-order valence-electron chi connectivity index (χ0n) is 15.3. The van der Waals surface area contributed by atoms with Gasteiger partial charge in [0.05, 0.1) is 19.3 Å². The molecule has 7 nitrogen and oxygen atoms in total. The van der Waals surface area contributed by atoms with Gasteiger partial charge in [-0.3, -0.25) is 0 Å². The molecule has 0 radical (unpaired) electrons. The minimum atomic E-state index is -2.00. The quantitative estimate of drug-likeness (QED) is 0.507. The molecule has 0 aromatic heterocycles. The Morgan fingerprint density at radius 2 is 1.43 bits per heavy atom. The Balaban J connectivity index is 1.76. The summed E-state index contributed by atoms with van der Waals surface area (Å²) in [5, 5.41) is 9.83. The van der Waals surface area contributed by atoms with E-state index < -0.39 is 35.9 Å². The number of ether oxygens (including phenoxy) is 3. The highest BCUT2D eigenvalue weighted by Crippen LogP contribution is 2.30. The lowest BCUT2D eigenvalue weighted by molar-refractivity contribution is -0.776. The highest BCUT2D eigenvalue weighted by molar-refractivity contribution is 5.14. The van der Waals surface area contributed by atoms with Gasteiger partial charge in [-0.1, -0.05) is 60.7 Å². The lowest BCUT2D eigenvalue weighted by Crippen LogP contribution is -2.58. The Morgan fingerprint density at radius 1 is 0.929 bits per heavy atom. The standard InChI is InChI=1S/C20H22FNO6/c1-14-17(25-12-15-8-4-2-5-9-15)18(19(20(21)27-14)28-22(23)24)26-13-16-10-6-3-7-11-16/h2-11,14,17-20H,12-13H2,1H3/t14-,17-,18+,19+,20+/m0/s1. The number of halogens is 1. The molecule has 0 N–H and O–H groups in total. The lowest BCUT2D eigenvalue weighted by atomic mass is 9.99. The summed E-state index contributed by atoms with van der Waals surface area (Å²) in [6.45, 7) is 2.00. The third-order valence-corrected chi connectivity index (χ3v) is 4.49. The smallest absolute Gasteiger partial charge is 0.295 e. The van der Waals surface area contributed by atoms with Crippen LogP contribution < -0.4 is 0 Å². The van der Waals surface area contributed by atoms with Crippen LogP contribution in [0.3, 0.4) is 0 Å². The van der Waals surface area contributed by atoms with Crippen LogP contribution >= 0.6 is 0 Å². The third kappa shape index (κ3) is 5.25. The van der Waals surface area contributed by atoms with Crippen molar-refractivity contribution in [1.29, 1.82) is 0 Å². The van der Waals surface area contributed by atoms with E-state index in [0.717, 1.165) is 11.1 Å². The van der Waals surface area contributed by atoms with E-state index in [1.807, 2.05) is 60.7 Å². The van der Waals surface area contributed by atoms with Gasteiger partial charge in [-0.2, -0.15) is 0 Å². The van der Waals surface area contributed by atoms with Gasteiger partial charge in [-0.05, 0) is 18.1 Å². The predicted molar refractivity (Wildman–Crippen MR) is 97.3 cm³/mol. The number of nitrogens with zero attached hydrogens (tertiary/aromatic N) is 1. The number of rotatable bonds is 8. The van der Waals surface area contributed by atoms with Crippen molar-refractivity contribution in [3.63, 3.8) is 0 Å². The molecule has 1 heterocycles. The van der Waals surface area contributed by atoms with Crippen LogP contribution in [0.1, 0.15) is 18.1 Å². The van der Waals surface area contributed by atoms with Crippen molar-refractivity contribution in [3.05, 3.63) is 81.9 Å². The second kappa shape index (κ2) is 9.59. The lowest BCUT2D eigenvalue weighted by Gasteiger charge is -2.41. The number of hydrogen-bond acceptors (Lipinski definition) is 6. The molecule has 0 spiro atoms. The molecule has 0 saturated carbocycles. The van der Waals surface area contributed by atoms with Crippen LogP contribution in [0.4, 0.5) is 4.39 Å². The third-order valence-electron chi connectivity index (χ3n) is 4.49. The zero-order chi connectivity index (χ0) is 19.9. The largest absolute Gasteiger partial charge is 0.368 e. The summed E-state index contributed by atoms with van der Waals surface area (Å²) >= 11 is 0. The Bertz CT molecular complexity index is 747. The molecule has 28 heavy (non-hydrogen) atoms. The fraction of sp³-hybridized carbons (Fsp3) is 0.400. The monoisotopic (exact) mass is 391 g/mol. The highest BCUT2D eigenvalue weighted by Gasteiger charge is 2.48. The summed E-state index contributed by atoms with van der Waals surface area (Å²) in [5.41, 5.74) is 1.75. The van der Waals surface area contributed by atoms with E-state index in [-0.39, 0.29) is 13.2 Å². The van der Waals surface area contributed by atoms with Crippen LogP contribution in [0, 0.1) is 10.1 Å². The fourth-order valence-electron chi connectivity index (χ4n) is 3.12. The van der Waals surface area contributed by atoms with E-state index in [4.69, 9.17) is 14.2 Å². The number of benzene rings is 2. The summed E-state index contributed by atoms with van der Waals surface area (Å²) in [7, 11) is 0. The summed E-state index contributed by atoms with van der Waals surface area (Å²) < 4.78 is 31.3. The molecule has 2 aromatic rings. The summed E-state index contributed by atoms with van der Waals surface area (Å²) in [6, 6.07) is 18.7. The van der Waals surface area contributed by atoms with Gasteiger partial charge in [0, 0.05) is 0 Å². The minimum Gasteiger partial charge on any atom is -0.368 e. The predicted octanol–water partition coefficient (Wildman–Crippen LogP) is 3.45. The first-order valence-electron chi connectivity index (χ1n) is 8.96. The topological polar surface area (TPSA) is 80.1 Å². The van der Waals surface area contributed by atoms with Gasteiger partial charge in [-0.15, -0.1) is 10.1 Å². The van der Waals surface area contributed by atoms with Gasteiger partial charge in [0.2, 0.25) is 6.36 Å². The maximum Gasteiger partial charge on any atom is 0.295 e. The summed E-state index contributed by atoms with van der Waals surface area (Å²) in [5.74, 6) is 0. The first kappa shape index (κ1) is 20.2. The molecule has 1 aliphatic heterocycles. The van der Waals surface area contributed by atoms with Crippen molar-refractivity contribution in [2.45, 2.75) is 50.9 Å². The SMILES string of the molecule is C[C@@H]1O[C@@H](F)[C@H](O[N+](=O)[O-])[C@H](OCc2ccccc2)[C@H]1OCc1ccccc1. The average Bonchev–Trinajstić information content (AvgIpc) is 2.69. The molecule has 1 fully saturated rings. The van der Waals surface area contributed by atoms with Gasteiger partial charge < -0.3 is 19.0 Å². The molecular formula is C20H22FNO6. The molecular weight excluding hydrogens is 369 g/mol. The molecule has 0 unspecified atom stereocenters. The van der Waals surface area contributed by atoms with Crippen molar-refractivity contribution in [2.24, 2.45) is 0 Å². The maximum absolute atomic E-state index is 14.4. The normalized spacial score (nSPS) is 27.3. The van der Waals surface area contributed by atoms with Crippen LogP contribution in [0.25, 0.3) is 0 Å². The highest BCUT2D eigenvalue weighted by atomic mass is 19.1. The number of hydrogen-bond donors (Lipinski definition) is 0. The van der Waals surface area contributed by atoms with Crippen LogP contribution in [-0.4, -0.2) is 35.9 Å². The second-order valence-electron chi connectivity index (χ2n) is 6.51. The van der Waals surface area contributed by atoms with E-state index in [9.17, 15) is 14.5 Å². The van der Waals surface area contributed by atoms with Gasteiger partial charge in [-0.25, -0.2) is 4.39 Å². The average molecular weight is 391 g/mol. The van der Waals surface area contributed by atoms with Crippen molar-refractivity contribution in [2.75, 3.05) is 0 Å². The van der Waals surface area contributed by atoms with Crippen LogP contribution in [0.2, 0.25) is 0 Å². The van der Waals surface area contributed by atoms with Crippen molar-refractivity contribution < 1.29 is 28.5 Å². The number of alkyl halides is 1. The molecule has 1 saturated heterocycles.